The molecule has 6 heteroatoms. The Bertz CT molecular complexity index is 444. The van der Waals surface area contributed by atoms with Gasteiger partial charge in [-0.1, -0.05) is 13.8 Å². The normalized spacial score (nSPS) is 12.8. The number of amides is 2. The maximum absolute atomic E-state index is 12.0. The van der Waals surface area contributed by atoms with Crippen molar-refractivity contribution in [3.63, 3.8) is 0 Å². The first-order chi connectivity index (χ1) is 9.98. The summed E-state index contributed by atoms with van der Waals surface area (Å²) in [6, 6.07) is 0.878. The number of nitrogens with one attached hydrogen (secondary N) is 2. The highest BCUT2D eigenvalue weighted by molar-refractivity contribution is 5.97. The predicted molar refractivity (Wildman–Crippen MR) is 78.7 cm³/mol. The lowest BCUT2D eigenvalue weighted by Gasteiger charge is -2.30. The number of aliphatic hydroxyl groups excluding tert-OH is 1. The fraction of sp³-hybridized carbons (Fsp3) is 0.600. The van der Waals surface area contributed by atoms with Crippen LogP contribution in [0.15, 0.2) is 23.0 Å². The van der Waals surface area contributed by atoms with Gasteiger partial charge in [-0.15, -0.1) is 0 Å². The molecule has 0 fully saturated rings. The van der Waals surface area contributed by atoms with Crippen LogP contribution in [-0.4, -0.2) is 36.1 Å². The van der Waals surface area contributed by atoms with Crippen LogP contribution in [0.4, 0.5) is 0 Å². The second-order valence-corrected chi connectivity index (χ2v) is 5.29. The number of carbonyl (C=O) groups is 2. The zero-order valence-corrected chi connectivity index (χ0v) is 12.8. The van der Waals surface area contributed by atoms with Crippen molar-refractivity contribution in [3.05, 3.63) is 24.2 Å². The molecule has 1 aromatic rings. The minimum absolute atomic E-state index is 0.0238. The lowest BCUT2D eigenvalue weighted by molar-refractivity contribution is -0.123. The van der Waals surface area contributed by atoms with Crippen LogP contribution >= 0.6 is 0 Å². The summed E-state index contributed by atoms with van der Waals surface area (Å²) >= 11 is 0. The fourth-order valence-electron chi connectivity index (χ4n) is 1.95. The van der Waals surface area contributed by atoms with Crippen molar-refractivity contribution in [2.75, 3.05) is 13.2 Å². The van der Waals surface area contributed by atoms with Crippen molar-refractivity contribution in [2.45, 2.75) is 39.7 Å². The number of furan rings is 1. The van der Waals surface area contributed by atoms with E-state index in [0.29, 0.717) is 12.1 Å². The third kappa shape index (κ3) is 4.60. The number of hydrogen-bond acceptors (Lipinski definition) is 4. The summed E-state index contributed by atoms with van der Waals surface area (Å²) in [4.78, 5) is 23.8. The summed E-state index contributed by atoms with van der Waals surface area (Å²) in [5, 5.41) is 14.9. The fourth-order valence-corrected chi connectivity index (χ4v) is 1.95. The van der Waals surface area contributed by atoms with E-state index >= 15 is 0 Å². The molecule has 0 saturated carbocycles. The lowest BCUT2D eigenvalue weighted by atomic mass is 9.83. The van der Waals surface area contributed by atoms with E-state index in [1.807, 2.05) is 13.8 Å². The average molecular weight is 296 g/mol. The maximum atomic E-state index is 12.0. The highest BCUT2D eigenvalue weighted by atomic mass is 16.3. The van der Waals surface area contributed by atoms with E-state index in [-0.39, 0.29) is 23.8 Å². The van der Waals surface area contributed by atoms with Crippen LogP contribution in [-0.2, 0) is 4.79 Å². The molecule has 0 aliphatic heterocycles. The first kappa shape index (κ1) is 17.2. The molecular formula is C15H24N2O4. The number of hydrogen-bond donors (Lipinski definition) is 3. The van der Waals surface area contributed by atoms with E-state index in [2.05, 4.69) is 10.6 Å². The summed E-state index contributed by atoms with van der Waals surface area (Å²) in [6.07, 6.45) is 4.27. The van der Waals surface area contributed by atoms with Crippen molar-refractivity contribution < 1.29 is 19.1 Å². The van der Waals surface area contributed by atoms with Gasteiger partial charge in [0.25, 0.3) is 5.91 Å². The molecule has 0 aromatic carbocycles. The zero-order chi connectivity index (χ0) is 15.9. The monoisotopic (exact) mass is 296 g/mol. The zero-order valence-electron chi connectivity index (χ0n) is 12.8. The number of aliphatic hydroxyl groups is 1. The molecule has 118 valence electrons. The van der Waals surface area contributed by atoms with Crippen LogP contribution in [0.2, 0.25) is 0 Å². The van der Waals surface area contributed by atoms with Crippen molar-refractivity contribution in [1.82, 2.24) is 10.6 Å². The van der Waals surface area contributed by atoms with Crippen molar-refractivity contribution >= 4 is 11.8 Å². The van der Waals surface area contributed by atoms with E-state index < -0.39 is 6.04 Å². The summed E-state index contributed by atoms with van der Waals surface area (Å²) in [5.74, 6) is -0.627. The topological polar surface area (TPSA) is 91.6 Å². The summed E-state index contributed by atoms with van der Waals surface area (Å²) in [5.41, 5.74) is 0.0747. The van der Waals surface area contributed by atoms with E-state index in [1.165, 1.54) is 18.6 Å². The third-order valence-electron chi connectivity index (χ3n) is 4.00. The van der Waals surface area contributed by atoms with E-state index in [1.54, 1.807) is 6.92 Å². The Labute approximate surface area is 124 Å². The Balaban J connectivity index is 2.49. The van der Waals surface area contributed by atoms with Crippen molar-refractivity contribution in [2.24, 2.45) is 5.41 Å². The Morgan fingerprint density at radius 3 is 2.52 bits per heavy atom. The molecule has 0 saturated heterocycles. The minimum Gasteiger partial charge on any atom is -0.472 e. The van der Waals surface area contributed by atoms with Gasteiger partial charge in [-0.2, -0.15) is 0 Å². The van der Waals surface area contributed by atoms with Gasteiger partial charge in [-0.25, -0.2) is 0 Å². The standard InChI is InChI=1S/C15H24N2O4/c1-4-15(5-2,10-18)9-16-13(19)11(3)17-14(20)12-6-7-21-8-12/h6-8,11,18H,4-5,9-10H2,1-3H3,(H,16,19)(H,17,20). The quantitative estimate of drug-likeness (QED) is 0.674. The smallest absolute Gasteiger partial charge is 0.255 e. The molecule has 1 heterocycles. The Hall–Kier alpha value is -1.82. The molecule has 1 unspecified atom stereocenters. The second kappa shape index (κ2) is 7.83. The molecule has 0 spiro atoms. The highest BCUT2D eigenvalue weighted by Crippen LogP contribution is 2.24. The Morgan fingerprint density at radius 2 is 2.05 bits per heavy atom. The Morgan fingerprint density at radius 1 is 1.38 bits per heavy atom. The maximum Gasteiger partial charge on any atom is 0.255 e. The molecule has 1 atom stereocenters. The molecule has 21 heavy (non-hydrogen) atoms. The van der Waals surface area contributed by atoms with Crippen LogP contribution in [0, 0.1) is 5.41 Å². The van der Waals surface area contributed by atoms with Crippen molar-refractivity contribution in [1.29, 1.82) is 0 Å². The average Bonchev–Trinajstić information content (AvgIpc) is 3.03. The van der Waals surface area contributed by atoms with Gasteiger partial charge in [-0.3, -0.25) is 9.59 Å². The van der Waals surface area contributed by atoms with Gasteiger partial charge in [0.2, 0.25) is 5.91 Å². The first-order valence-corrected chi connectivity index (χ1v) is 7.19. The SMILES string of the molecule is CCC(CC)(CO)CNC(=O)C(C)NC(=O)c1ccoc1. The Kier molecular flexibility index (Phi) is 6.42. The van der Waals surface area contributed by atoms with Crippen LogP contribution in [0.25, 0.3) is 0 Å². The van der Waals surface area contributed by atoms with Gasteiger partial charge in [0, 0.05) is 12.0 Å². The van der Waals surface area contributed by atoms with Gasteiger partial charge in [-0.05, 0) is 25.8 Å². The molecule has 1 rings (SSSR count). The minimum atomic E-state index is -0.655. The van der Waals surface area contributed by atoms with E-state index in [4.69, 9.17) is 4.42 Å². The van der Waals surface area contributed by atoms with E-state index in [0.717, 1.165) is 12.8 Å². The van der Waals surface area contributed by atoms with Crippen LogP contribution in [0.5, 0.6) is 0 Å². The summed E-state index contributed by atoms with van der Waals surface area (Å²) in [7, 11) is 0. The molecule has 1 aromatic heterocycles. The van der Waals surface area contributed by atoms with Gasteiger partial charge < -0.3 is 20.2 Å². The highest BCUT2D eigenvalue weighted by Gasteiger charge is 2.27. The molecule has 0 aliphatic rings. The molecule has 2 amide bonds. The van der Waals surface area contributed by atoms with Gasteiger partial charge >= 0.3 is 0 Å². The molecule has 6 nitrogen and oxygen atoms in total. The number of carbonyl (C=O) groups excluding carboxylic acids is 2. The summed E-state index contributed by atoms with van der Waals surface area (Å²) in [6.45, 7) is 6.00. The number of rotatable bonds is 8. The molecule has 0 aliphatic carbocycles. The summed E-state index contributed by atoms with van der Waals surface area (Å²) < 4.78 is 4.82. The van der Waals surface area contributed by atoms with Crippen LogP contribution < -0.4 is 10.6 Å². The third-order valence-corrected chi connectivity index (χ3v) is 4.00. The van der Waals surface area contributed by atoms with Crippen molar-refractivity contribution in [3.8, 4) is 0 Å². The van der Waals surface area contributed by atoms with E-state index in [9.17, 15) is 14.7 Å². The first-order valence-electron chi connectivity index (χ1n) is 7.19. The van der Waals surface area contributed by atoms with Gasteiger partial charge in [0.1, 0.15) is 12.3 Å². The largest absolute Gasteiger partial charge is 0.472 e. The molecule has 0 bridgehead atoms. The van der Waals surface area contributed by atoms with Gasteiger partial charge in [0.05, 0.1) is 18.4 Å². The lowest BCUT2D eigenvalue weighted by Crippen LogP contribution is -2.48. The van der Waals surface area contributed by atoms with Gasteiger partial charge in [0.15, 0.2) is 0 Å². The molecule has 3 N–H and O–H groups in total. The second-order valence-electron chi connectivity index (χ2n) is 5.29. The molecule has 0 radical (unpaired) electrons. The molecular weight excluding hydrogens is 272 g/mol. The predicted octanol–water partition coefficient (Wildman–Crippen LogP) is 1.31. The van der Waals surface area contributed by atoms with Crippen LogP contribution in [0.3, 0.4) is 0 Å². The van der Waals surface area contributed by atoms with Crippen LogP contribution in [0.1, 0.15) is 44.0 Å².